The van der Waals surface area contributed by atoms with Crippen molar-refractivity contribution in [1.82, 2.24) is 0 Å². The standard InChI is InChI=1S/C16H21N3O3.ClH/c1-10-14(20)19-12-9-11(5-6-13(12)22-10)18-15(21)16(17)7-3-2-4-8-16;/h5-6,9-10H,2-4,7-8,17H2,1H3,(H,18,21)(H,19,20);1H. The van der Waals surface area contributed by atoms with Gasteiger partial charge in [-0.3, -0.25) is 9.59 Å². The highest BCUT2D eigenvalue weighted by atomic mass is 35.5. The Morgan fingerprint density at radius 2 is 2.04 bits per heavy atom. The van der Waals surface area contributed by atoms with Crippen molar-refractivity contribution in [2.45, 2.75) is 50.7 Å². The summed E-state index contributed by atoms with van der Waals surface area (Å²) in [6.45, 7) is 1.69. The van der Waals surface area contributed by atoms with Gasteiger partial charge in [0.15, 0.2) is 6.10 Å². The highest BCUT2D eigenvalue weighted by Crippen LogP contribution is 2.33. The minimum absolute atomic E-state index is 0. The van der Waals surface area contributed by atoms with Crippen LogP contribution in [0.5, 0.6) is 5.75 Å². The number of ether oxygens (including phenoxy) is 1. The summed E-state index contributed by atoms with van der Waals surface area (Å²) < 4.78 is 5.49. The molecule has 23 heavy (non-hydrogen) atoms. The van der Waals surface area contributed by atoms with Crippen molar-refractivity contribution < 1.29 is 14.3 Å². The minimum atomic E-state index is -0.789. The monoisotopic (exact) mass is 339 g/mol. The number of nitrogens with two attached hydrogens (primary N) is 1. The van der Waals surface area contributed by atoms with Gasteiger partial charge < -0.3 is 21.1 Å². The van der Waals surface area contributed by atoms with Gasteiger partial charge in [0.2, 0.25) is 5.91 Å². The van der Waals surface area contributed by atoms with Crippen molar-refractivity contribution >= 4 is 35.6 Å². The molecule has 2 aliphatic rings. The molecule has 1 aliphatic heterocycles. The van der Waals surface area contributed by atoms with Gasteiger partial charge in [-0.25, -0.2) is 0 Å². The Bertz CT molecular complexity index is 615. The van der Waals surface area contributed by atoms with Crippen molar-refractivity contribution in [2.75, 3.05) is 10.6 Å². The summed E-state index contributed by atoms with van der Waals surface area (Å²) in [6, 6.07) is 5.20. The van der Waals surface area contributed by atoms with Crippen molar-refractivity contribution in [2.24, 2.45) is 5.73 Å². The summed E-state index contributed by atoms with van der Waals surface area (Å²) in [7, 11) is 0. The molecule has 1 atom stereocenters. The van der Waals surface area contributed by atoms with E-state index < -0.39 is 11.6 Å². The Morgan fingerprint density at radius 3 is 2.74 bits per heavy atom. The molecule has 1 unspecified atom stereocenters. The molecule has 0 aromatic heterocycles. The molecule has 1 fully saturated rings. The third-order valence-corrected chi connectivity index (χ3v) is 4.37. The van der Waals surface area contributed by atoms with Gasteiger partial charge in [0.25, 0.3) is 5.91 Å². The Balaban J connectivity index is 0.00000192. The van der Waals surface area contributed by atoms with Crippen LogP contribution in [0.2, 0.25) is 0 Å². The molecule has 1 aromatic carbocycles. The van der Waals surface area contributed by atoms with Crippen LogP contribution in [0, 0.1) is 0 Å². The van der Waals surface area contributed by atoms with Crippen LogP contribution in [-0.2, 0) is 9.59 Å². The number of benzene rings is 1. The van der Waals surface area contributed by atoms with E-state index in [9.17, 15) is 9.59 Å². The van der Waals surface area contributed by atoms with Crippen molar-refractivity contribution in [3.05, 3.63) is 18.2 Å². The number of amides is 2. The zero-order valence-electron chi connectivity index (χ0n) is 13.1. The van der Waals surface area contributed by atoms with Gasteiger partial charge in [-0.05, 0) is 38.0 Å². The molecule has 0 spiro atoms. The second-order valence-corrected chi connectivity index (χ2v) is 6.13. The molecule has 3 rings (SSSR count). The van der Waals surface area contributed by atoms with E-state index >= 15 is 0 Å². The molecule has 1 aliphatic carbocycles. The first-order chi connectivity index (χ1) is 10.5. The van der Waals surface area contributed by atoms with Crippen LogP contribution in [0.4, 0.5) is 11.4 Å². The predicted octanol–water partition coefficient (Wildman–Crippen LogP) is 2.43. The minimum Gasteiger partial charge on any atom is -0.479 e. The Hall–Kier alpha value is -1.79. The van der Waals surface area contributed by atoms with E-state index in [1.54, 1.807) is 25.1 Å². The van der Waals surface area contributed by atoms with Crippen LogP contribution >= 0.6 is 12.4 Å². The number of fused-ring (bicyclic) bond motifs is 1. The molecule has 1 aromatic rings. The summed E-state index contributed by atoms with van der Waals surface area (Å²) >= 11 is 0. The van der Waals surface area contributed by atoms with Crippen LogP contribution in [-0.4, -0.2) is 23.5 Å². The number of halogens is 1. The Labute approximate surface area is 141 Å². The highest BCUT2D eigenvalue weighted by Gasteiger charge is 2.35. The van der Waals surface area contributed by atoms with Crippen LogP contribution in [0.25, 0.3) is 0 Å². The zero-order valence-corrected chi connectivity index (χ0v) is 13.9. The van der Waals surface area contributed by atoms with E-state index in [1.165, 1.54) is 0 Å². The number of hydrogen-bond acceptors (Lipinski definition) is 4. The fourth-order valence-electron chi connectivity index (χ4n) is 2.95. The average molecular weight is 340 g/mol. The lowest BCUT2D eigenvalue weighted by atomic mass is 9.82. The number of anilines is 2. The zero-order chi connectivity index (χ0) is 15.7. The number of hydrogen-bond donors (Lipinski definition) is 3. The van der Waals surface area contributed by atoms with Crippen LogP contribution in [0.15, 0.2) is 18.2 Å². The van der Waals surface area contributed by atoms with Crippen LogP contribution in [0.1, 0.15) is 39.0 Å². The lowest BCUT2D eigenvalue weighted by Crippen LogP contribution is -2.52. The van der Waals surface area contributed by atoms with Gasteiger partial charge in [-0.1, -0.05) is 19.3 Å². The summed E-state index contributed by atoms with van der Waals surface area (Å²) in [6.07, 6.45) is 4.00. The largest absolute Gasteiger partial charge is 0.479 e. The molecular weight excluding hydrogens is 318 g/mol. The Morgan fingerprint density at radius 1 is 1.35 bits per heavy atom. The molecule has 2 amide bonds. The fraction of sp³-hybridized carbons (Fsp3) is 0.500. The van der Waals surface area contributed by atoms with Gasteiger partial charge in [0.05, 0.1) is 11.2 Å². The maximum atomic E-state index is 12.4. The number of carbonyl (C=O) groups is 2. The van der Waals surface area contributed by atoms with Gasteiger partial charge in [0, 0.05) is 5.69 Å². The smallest absolute Gasteiger partial charge is 0.265 e. The lowest BCUT2D eigenvalue weighted by Gasteiger charge is -2.32. The first kappa shape index (κ1) is 17.6. The van der Waals surface area contributed by atoms with Crippen molar-refractivity contribution in [3.63, 3.8) is 0 Å². The van der Waals surface area contributed by atoms with Gasteiger partial charge in [-0.15, -0.1) is 12.4 Å². The van der Waals surface area contributed by atoms with E-state index in [0.29, 0.717) is 30.0 Å². The highest BCUT2D eigenvalue weighted by molar-refractivity contribution is 6.01. The van der Waals surface area contributed by atoms with Gasteiger partial charge in [-0.2, -0.15) is 0 Å². The topological polar surface area (TPSA) is 93.4 Å². The molecule has 1 saturated carbocycles. The fourth-order valence-corrected chi connectivity index (χ4v) is 2.95. The third kappa shape index (κ3) is 3.59. The quantitative estimate of drug-likeness (QED) is 0.771. The van der Waals surface area contributed by atoms with E-state index in [1.807, 2.05) is 0 Å². The molecular formula is C16H22ClN3O3. The van der Waals surface area contributed by atoms with Gasteiger partial charge >= 0.3 is 0 Å². The van der Waals surface area contributed by atoms with E-state index in [4.69, 9.17) is 10.5 Å². The first-order valence-electron chi connectivity index (χ1n) is 7.70. The number of nitrogens with one attached hydrogen (secondary N) is 2. The van der Waals surface area contributed by atoms with Crippen LogP contribution < -0.4 is 21.1 Å². The molecule has 6 nitrogen and oxygen atoms in total. The predicted molar refractivity (Wildman–Crippen MR) is 91.0 cm³/mol. The maximum Gasteiger partial charge on any atom is 0.265 e. The molecule has 0 bridgehead atoms. The summed E-state index contributed by atoms with van der Waals surface area (Å²) in [5.74, 6) is 0.243. The average Bonchev–Trinajstić information content (AvgIpc) is 2.49. The summed E-state index contributed by atoms with van der Waals surface area (Å²) in [4.78, 5) is 24.1. The van der Waals surface area contributed by atoms with Crippen molar-refractivity contribution in [3.8, 4) is 5.75 Å². The van der Waals surface area contributed by atoms with Crippen molar-refractivity contribution in [1.29, 1.82) is 0 Å². The van der Waals surface area contributed by atoms with Gasteiger partial charge in [0.1, 0.15) is 5.75 Å². The number of rotatable bonds is 2. The summed E-state index contributed by atoms with van der Waals surface area (Å²) in [5.41, 5.74) is 6.61. The third-order valence-electron chi connectivity index (χ3n) is 4.37. The maximum absolute atomic E-state index is 12.4. The van der Waals surface area contributed by atoms with Crippen LogP contribution in [0.3, 0.4) is 0 Å². The lowest BCUT2D eigenvalue weighted by molar-refractivity contribution is -0.123. The SMILES string of the molecule is CC1Oc2ccc(NC(=O)C3(N)CCCCC3)cc2NC1=O.Cl. The molecule has 0 saturated heterocycles. The molecule has 1 heterocycles. The normalized spacial score (nSPS) is 22.0. The first-order valence-corrected chi connectivity index (χ1v) is 7.70. The molecule has 0 radical (unpaired) electrons. The van der Waals surface area contributed by atoms with E-state index in [-0.39, 0.29) is 24.2 Å². The van der Waals surface area contributed by atoms with E-state index in [0.717, 1.165) is 19.3 Å². The van der Waals surface area contributed by atoms with E-state index in [2.05, 4.69) is 10.6 Å². The second kappa shape index (κ2) is 6.76. The Kier molecular flexibility index (Phi) is 5.16. The molecule has 126 valence electrons. The summed E-state index contributed by atoms with van der Waals surface area (Å²) in [5, 5.41) is 5.62. The molecule has 4 N–H and O–H groups in total. The number of carbonyl (C=O) groups excluding carboxylic acids is 2. The molecule has 7 heteroatoms. The second-order valence-electron chi connectivity index (χ2n) is 6.13.